The Kier molecular flexibility index (Phi) is 2.44. The van der Waals surface area contributed by atoms with E-state index in [9.17, 15) is 4.79 Å². The number of carbonyl (C=O) groups is 1. The third kappa shape index (κ3) is 1.58. The molecule has 0 saturated carbocycles. The van der Waals surface area contributed by atoms with Crippen molar-refractivity contribution in [2.24, 2.45) is 0 Å². The minimum absolute atomic E-state index is 0.488. The van der Waals surface area contributed by atoms with Crippen molar-refractivity contribution < 1.29 is 9.53 Å². The Morgan fingerprint density at radius 3 is 2.35 bits per heavy atom. The van der Waals surface area contributed by atoms with E-state index in [1.54, 1.807) is 0 Å². The van der Waals surface area contributed by atoms with Gasteiger partial charge in [0.1, 0.15) is 11.5 Å². The van der Waals surface area contributed by atoms with Crippen molar-refractivity contribution in [1.82, 2.24) is 4.98 Å². The lowest BCUT2D eigenvalue weighted by Crippen LogP contribution is -1.86. The first-order chi connectivity index (χ1) is 9.86. The van der Waals surface area contributed by atoms with Crippen molar-refractivity contribution in [2.75, 3.05) is 0 Å². The number of aldehydes is 1. The summed E-state index contributed by atoms with van der Waals surface area (Å²) in [6.45, 7) is 0. The number of fused-ring (bicyclic) bond motifs is 5. The summed E-state index contributed by atoms with van der Waals surface area (Å²) in [5.41, 5.74) is 2.71. The van der Waals surface area contributed by atoms with Crippen LogP contribution in [0.5, 0.6) is 11.5 Å². The van der Waals surface area contributed by atoms with Gasteiger partial charge < -0.3 is 4.74 Å². The van der Waals surface area contributed by atoms with Crippen LogP contribution in [0.4, 0.5) is 0 Å². The fourth-order valence-electron chi connectivity index (χ4n) is 2.37. The summed E-state index contributed by atoms with van der Waals surface area (Å²) >= 11 is 1.40. The van der Waals surface area contributed by atoms with E-state index >= 15 is 0 Å². The van der Waals surface area contributed by atoms with Crippen molar-refractivity contribution in [3.8, 4) is 33.2 Å². The molecule has 0 radical (unpaired) electrons. The van der Waals surface area contributed by atoms with Crippen molar-refractivity contribution >= 4 is 17.6 Å². The molecule has 1 aromatic heterocycles. The summed E-state index contributed by atoms with van der Waals surface area (Å²) in [4.78, 5) is 16.5. The number of carbonyl (C=O) groups excluding carboxylic acids is 1. The van der Waals surface area contributed by atoms with E-state index in [2.05, 4.69) is 4.98 Å². The van der Waals surface area contributed by atoms with Gasteiger partial charge >= 0.3 is 0 Å². The summed E-state index contributed by atoms with van der Waals surface area (Å²) in [5.74, 6) is 1.56. The summed E-state index contributed by atoms with van der Waals surface area (Å²) in [5, 5.41) is 0.488. The largest absolute Gasteiger partial charge is 0.456 e. The lowest BCUT2D eigenvalue weighted by atomic mass is 10.1. The highest BCUT2D eigenvalue weighted by Crippen LogP contribution is 2.48. The summed E-state index contributed by atoms with van der Waals surface area (Å²) < 4.78 is 6.00. The van der Waals surface area contributed by atoms with Crippen molar-refractivity contribution in [3.05, 3.63) is 53.5 Å². The monoisotopic (exact) mass is 279 g/mol. The predicted octanol–water partition coefficient (Wildman–Crippen LogP) is 4.40. The van der Waals surface area contributed by atoms with Crippen LogP contribution in [-0.4, -0.2) is 11.3 Å². The molecule has 4 rings (SSSR count). The van der Waals surface area contributed by atoms with Crippen LogP contribution in [0.2, 0.25) is 0 Å². The molecule has 0 saturated heterocycles. The Hall–Kier alpha value is -2.46. The first-order valence-corrected chi connectivity index (χ1v) is 7.01. The van der Waals surface area contributed by atoms with Gasteiger partial charge in [0.15, 0.2) is 11.3 Å². The molecule has 1 aliphatic heterocycles. The molecular formula is C16H9NO2S. The molecule has 0 fully saturated rings. The number of rotatable bonds is 1. The molecule has 0 aliphatic carbocycles. The molecular weight excluding hydrogens is 270 g/mol. The molecule has 0 N–H and O–H groups in total. The van der Waals surface area contributed by atoms with Crippen molar-refractivity contribution in [3.63, 3.8) is 0 Å². The van der Waals surface area contributed by atoms with Gasteiger partial charge in [-0.05, 0) is 24.3 Å². The number of nitrogens with zero attached hydrogens (tertiary/aromatic N) is 1. The molecule has 0 unspecified atom stereocenters. The van der Waals surface area contributed by atoms with Crippen LogP contribution in [0, 0.1) is 0 Å². The van der Waals surface area contributed by atoms with Gasteiger partial charge in [0, 0.05) is 11.1 Å². The van der Waals surface area contributed by atoms with Crippen molar-refractivity contribution in [1.29, 1.82) is 0 Å². The third-order valence-electron chi connectivity index (χ3n) is 3.24. The Morgan fingerprint density at radius 2 is 1.60 bits per heavy atom. The summed E-state index contributed by atoms with van der Waals surface area (Å²) in [6.07, 6.45) is 0.797. The number of hydrogen-bond donors (Lipinski definition) is 0. The van der Waals surface area contributed by atoms with Gasteiger partial charge in [-0.25, -0.2) is 4.98 Å². The molecule has 20 heavy (non-hydrogen) atoms. The number of thiazole rings is 1. The third-order valence-corrected chi connectivity index (χ3v) is 4.25. The maximum absolute atomic E-state index is 11.1. The second-order valence-corrected chi connectivity index (χ2v) is 5.47. The molecule has 2 aromatic carbocycles. The summed E-state index contributed by atoms with van der Waals surface area (Å²) in [7, 11) is 0. The molecule has 2 heterocycles. The van der Waals surface area contributed by atoms with Crippen LogP contribution in [-0.2, 0) is 0 Å². The van der Waals surface area contributed by atoms with E-state index < -0.39 is 0 Å². The van der Waals surface area contributed by atoms with E-state index in [1.165, 1.54) is 11.3 Å². The maximum atomic E-state index is 11.1. The molecule has 0 atom stereocenters. The standard InChI is InChI=1S/C16H9NO2S/c18-9-14-17-15-10-5-1-3-7-12(10)19-13-8-4-2-6-11(13)16(15)20-14/h1-9H. The number of hydrogen-bond acceptors (Lipinski definition) is 4. The van der Waals surface area contributed by atoms with Gasteiger partial charge in [0.05, 0.1) is 10.6 Å². The zero-order valence-electron chi connectivity index (χ0n) is 10.4. The lowest BCUT2D eigenvalue weighted by molar-refractivity contribution is 0.112. The number of para-hydroxylation sites is 2. The van der Waals surface area contributed by atoms with Gasteiger partial charge in [-0.2, -0.15) is 0 Å². The fourth-order valence-corrected chi connectivity index (χ4v) is 3.29. The zero-order valence-corrected chi connectivity index (χ0v) is 11.2. The normalized spacial score (nSPS) is 11.6. The highest BCUT2D eigenvalue weighted by Gasteiger charge is 2.24. The molecule has 0 bridgehead atoms. The minimum Gasteiger partial charge on any atom is -0.456 e. The molecule has 4 heteroatoms. The Bertz CT molecular complexity index is 760. The second kappa shape index (κ2) is 4.28. The van der Waals surface area contributed by atoms with E-state index in [0.29, 0.717) is 5.01 Å². The van der Waals surface area contributed by atoms with Crippen LogP contribution in [0.15, 0.2) is 48.5 Å². The molecule has 0 spiro atoms. The first kappa shape index (κ1) is 11.4. The predicted molar refractivity (Wildman–Crippen MR) is 78.4 cm³/mol. The highest BCUT2D eigenvalue weighted by atomic mass is 32.1. The number of benzene rings is 2. The zero-order chi connectivity index (χ0) is 13.5. The highest BCUT2D eigenvalue weighted by molar-refractivity contribution is 7.17. The Labute approximate surface area is 119 Å². The smallest absolute Gasteiger partial charge is 0.178 e. The lowest BCUT2D eigenvalue weighted by Gasteiger charge is -2.07. The van der Waals surface area contributed by atoms with Gasteiger partial charge in [0.25, 0.3) is 0 Å². The van der Waals surface area contributed by atoms with Gasteiger partial charge in [-0.15, -0.1) is 11.3 Å². The first-order valence-electron chi connectivity index (χ1n) is 6.19. The quantitative estimate of drug-likeness (QED) is 0.485. The Balaban J connectivity index is 2.11. The number of aromatic nitrogens is 1. The average Bonchev–Trinajstić information content (AvgIpc) is 2.87. The van der Waals surface area contributed by atoms with Crippen LogP contribution >= 0.6 is 11.3 Å². The van der Waals surface area contributed by atoms with Crippen molar-refractivity contribution in [2.45, 2.75) is 0 Å². The molecule has 0 amide bonds. The van der Waals surface area contributed by atoms with E-state index in [4.69, 9.17) is 4.74 Å². The summed E-state index contributed by atoms with van der Waals surface area (Å²) in [6, 6.07) is 15.6. The maximum Gasteiger partial charge on any atom is 0.178 e. The molecule has 3 aromatic rings. The fraction of sp³-hybridized carbons (Fsp3) is 0. The molecule has 3 nitrogen and oxygen atoms in total. The van der Waals surface area contributed by atoms with Gasteiger partial charge in [-0.1, -0.05) is 24.3 Å². The van der Waals surface area contributed by atoms with Gasteiger partial charge in [-0.3, -0.25) is 4.79 Å². The van der Waals surface area contributed by atoms with Crippen LogP contribution in [0.3, 0.4) is 0 Å². The van der Waals surface area contributed by atoms with Crippen LogP contribution in [0.1, 0.15) is 9.80 Å². The average molecular weight is 279 g/mol. The van der Waals surface area contributed by atoms with E-state index in [0.717, 1.165) is 39.5 Å². The topological polar surface area (TPSA) is 39.2 Å². The minimum atomic E-state index is 0.488. The second-order valence-electron chi connectivity index (χ2n) is 4.44. The number of ether oxygens (including phenoxy) is 1. The molecule has 96 valence electrons. The van der Waals surface area contributed by atoms with E-state index in [-0.39, 0.29) is 0 Å². The van der Waals surface area contributed by atoms with Crippen LogP contribution < -0.4 is 4.74 Å². The SMILES string of the molecule is O=Cc1nc2c(s1)-c1ccccc1Oc1ccccc1-2. The van der Waals surface area contributed by atoms with Crippen LogP contribution in [0.25, 0.3) is 21.7 Å². The molecule has 1 aliphatic rings. The van der Waals surface area contributed by atoms with E-state index in [1.807, 2.05) is 48.5 Å². The van der Waals surface area contributed by atoms with Gasteiger partial charge in [0.2, 0.25) is 0 Å². The Morgan fingerprint density at radius 1 is 0.950 bits per heavy atom.